The van der Waals surface area contributed by atoms with Gasteiger partial charge >= 0.3 is 5.97 Å². The molecule has 0 bridgehead atoms. The maximum atomic E-state index is 13.0. The average molecular weight is 477 g/mol. The predicted molar refractivity (Wildman–Crippen MR) is 134 cm³/mol. The maximum Gasteiger partial charge on any atom is 0.335 e. The summed E-state index contributed by atoms with van der Waals surface area (Å²) in [5.41, 5.74) is 2.39. The first kappa shape index (κ1) is 24.7. The molecule has 0 aliphatic rings. The number of nitrogens with one attached hydrogen (secondary N) is 2. The molecule has 0 radical (unpaired) electrons. The number of amides is 2. The largest absolute Gasteiger partial charge is 0.478 e. The van der Waals surface area contributed by atoms with Crippen LogP contribution in [-0.4, -0.2) is 22.9 Å². The number of carbonyl (C=O) groups excluding carboxylic acids is 2. The number of halogens is 1. The number of carboxylic acids is 1. The van der Waals surface area contributed by atoms with E-state index in [2.05, 4.69) is 31.4 Å². The first-order valence-electron chi connectivity index (χ1n) is 10.6. The van der Waals surface area contributed by atoms with Crippen LogP contribution in [0.5, 0.6) is 0 Å². The van der Waals surface area contributed by atoms with E-state index in [9.17, 15) is 19.5 Å². The highest BCUT2D eigenvalue weighted by Gasteiger charge is 2.18. The van der Waals surface area contributed by atoms with Crippen molar-refractivity contribution in [1.29, 1.82) is 0 Å². The fourth-order valence-corrected chi connectivity index (χ4v) is 3.25. The molecule has 0 fully saturated rings. The maximum absolute atomic E-state index is 13.0. The summed E-state index contributed by atoms with van der Waals surface area (Å²) >= 11 is 5.95. The average Bonchev–Trinajstić information content (AvgIpc) is 2.79. The molecule has 174 valence electrons. The van der Waals surface area contributed by atoms with Gasteiger partial charge in [0.2, 0.25) is 0 Å². The number of carboxylic acid groups (broad SMARTS) is 1. The first-order chi connectivity index (χ1) is 16.0. The molecule has 0 aliphatic heterocycles. The van der Waals surface area contributed by atoms with E-state index in [-0.39, 0.29) is 22.4 Å². The van der Waals surface area contributed by atoms with Gasteiger partial charge < -0.3 is 15.7 Å². The van der Waals surface area contributed by atoms with Gasteiger partial charge in [0.1, 0.15) is 5.70 Å². The van der Waals surface area contributed by atoms with Crippen molar-refractivity contribution in [2.24, 2.45) is 0 Å². The Morgan fingerprint density at radius 2 is 1.53 bits per heavy atom. The Hall–Kier alpha value is -3.90. The fraction of sp³-hybridized carbons (Fsp3) is 0.148. The zero-order valence-electron chi connectivity index (χ0n) is 19.1. The van der Waals surface area contributed by atoms with Gasteiger partial charge in [-0.3, -0.25) is 9.59 Å². The highest BCUT2D eigenvalue weighted by Crippen LogP contribution is 2.22. The van der Waals surface area contributed by atoms with Crippen LogP contribution in [-0.2, 0) is 10.2 Å². The first-order valence-corrected chi connectivity index (χ1v) is 10.9. The van der Waals surface area contributed by atoms with E-state index >= 15 is 0 Å². The van der Waals surface area contributed by atoms with Crippen molar-refractivity contribution in [2.75, 3.05) is 5.32 Å². The van der Waals surface area contributed by atoms with Crippen LogP contribution in [0.25, 0.3) is 6.08 Å². The Bertz CT molecular complexity index is 1240. The van der Waals surface area contributed by atoms with Gasteiger partial charge in [0.15, 0.2) is 0 Å². The van der Waals surface area contributed by atoms with Crippen molar-refractivity contribution >= 4 is 41.1 Å². The second-order valence-corrected chi connectivity index (χ2v) is 9.17. The van der Waals surface area contributed by atoms with Crippen LogP contribution in [0.3, 0.4) is 0 Å². The topological polar surface area (TPSA) is 95.5 Å². The molecule has 6 nitrogen and oxygen atoms in total. The van der Waals surface area contributed by atoms with Gasteiger partial charge in [-0.25, -0.2) is 4.79 Å². The number of aromatic carboxylic acids is 1. The summed E-state index contributed by atoms with van der Waals surface area (Å²) in [7, 11) is 0. The van der Waals surface area contributed by atoms with Crippen LogP contribution in [0.4, 0.5) is 5.69 Å². The summed E-state index contributed by atoms with van der Waals surface area (Å²) in [5, 5.41) is 15.0. The molecule has 0 saturated carbocycles. The molecule has 2 amide bonds. The summed E-state index contributed by atoms with van der Waals surface area (Å²) < 4.78 is 0. The molecule has 7 heteroatoms. The second kappa shape index (κ2) is 10.4. The lowest BCUT2D eigenvalue weighted by molar-refractivity contribution is -0.113. The SMILES string of the molecule is CC(C)(C)c1ccc(C(=O)N/C(=C/c2ccc(Cl)cc2)C(=O)Nc2cccc(C(=O)O)c2)cc1. The third-order valence-electron chi connectivity index (χ3n) is 5.05. The molecule has 0 heterocycles. The summed E-state index contributed by atoms with van der Waals surface area (Å²) in [4.78, 5) is 37.2. The summed E-state index contributed by atoms with van der Waals surface area (Å²) in [6.45, 7) is 6.25. The van der Waals surface area contributed by atoms with E-state index in [1.165, 1.54) is 24.3 Å². The van der Waals surface area contributed by atoms with Gasteiger partial charge in [0.25, 0.3) is 11.8 Å². The van der Waals surface area contributed by atoms with Crippen molar-refractivity contribution in [3.8, 4) is 0 Å². The van der Waals surface area contributed by atoms with E-state index in [4.69, 9.17) is 11.6 Å². The number of hydrogen-bond acceptors (Lipinski definition) is 3. The monoisotopic (exact) mass is 476 g/mol. The Balaban J connectivity index is 1.88. The van der Waals surface area contributed by atoms with E-state index in [0.717, 1.165) is 5.56 Å². The molecule has 0 atom stereocenters. The van der Waals surface area contributed by atoms with Crippen LogP contribution in [0.2, 0.25) is 5.02 Å². The van der Waals surface area contributed by atoms with Gasteiger partial charge in [-0.2, -0.15) is 0 Å². The minimum atomic E-state index is -1.11. The Kier molecular flexibility index (Phi) is 7.54. The van der Waals surface area contributed by atoms with Gasteiger partial charge in [0, 0.05) is 16.3 Å². The minimum absolute atomic E-state index is 0.00653. The van der Waals surface area contributed by atoms with Crippen LogP contribution in [0.15, 0.2) is 78.5 Å². The van der Waals surface area contributed by atoms with Crippen LogP contribution in [0, 0.1) is 0 Å². The van der Waals surface area contributed by atoms with Crippen LogP contribution < -0.4 is 10.6 Å². The van der Waals surface area contributed by atoms with Crippen molar-refractivity contribution in [3.63, 3.8) is 0 Å². The highest BCUT2D eigenvalue weighted by molar-refractivity contribution is 6.30. The molecular formula is C27H25ClN2O4. The molecule has 3 N–H and O–H groups in total. The van der Waals surface area contributed by atoms with Crippen molar-refractivity contribution in [2.45, 2.75) is 26.2 Å². The van der Waals surface area contributed by atoms with E-state index in [0.29, 0.717) is 16.1 Å². The molecule has 3 rings (SSSR count). The Morgan fingerprint density at radius 3 is 2.12 bits per heavy atom. The van der Waals surface area contributed by atoms with E-state index in [1.807, 2.05) is 12.1 Å². The molecule has 0 unspecified atom stereocenters. The minimum Gasteiger partial charge on any atom is -0.478 e. The van der Waals surface area contributed by atoms with Crippen molar-refractivity contribution < 1.29 is 19.5 Å². The fourth-order valence-electron chi connectivity index (χ4n) is 3.13. The zero-order chi connectivity index (χ0) is 24.9. The lowest BCUT2D eigenvalue weighted by Crippen LogP contribution is -2.30. The number of carbonyl (C=O) groups is 3. The van der Waals surface area contributed by atoms with Gasteiger partial charge in [-0.05, 0) is 65.1 Å². The molecule has 3 aromatic carbocycles. The van der Waals surface area contributed by atoms with Gasteiger partial charge in [-0.15, -0.1) is 0 Å². The van der Waals surface area contributed by atoms with E-state index < -0.39 is 17.8 Å². The molecule has 0 aromatic heterocycles. The lowest BCUT2D eigenvalue weighted by Gasteiger charge is -2.19. The molecular weight excluding hydrogens is 452 g/mol. The summed E-state index contributed by atoms with van der Waals surface area (Å²) in [5.74, 6) is -2.16. The predicted octanol–water partition coefficient (Wildman–Crippen LogP) is 5.75. The number of hydrogen-bond donors (Lipinski definition) is 3. The van der Waals surface area contributed by atoms with Crippen LogP contribution in [0.1, 0.15) is 52.6 Å². The Labute approximate surface area is 203 Å². The number of benzene rings is 3. The molecule has 0 spiro atoms. The standard InChI is InChI=1S/C27H25ClN2O4/c1-27(2,3)20-11-9-18(10-12-20)24(31)30-23(15-17-7-13-21(28)14-8-17)25(32)29-22-6-4-5-19(16-22)26(33)34/h4-16H,1-3H3,(H,29,32)(H,30,31)(H,33,34)/b23-15+. The molecule has 0 saturated heterocycles. The third-order valence-corrected chi connectivity index (χ3v) is 5.31. The Morgan fingerprint density at radius 1 is 0.882 bits per heavy atom. The molecule has 0 aliphatic carbocycles. The lowest BCUT2D eigenvalue weighted by atomic mass is 9.87. The smallest absolute Gasteiger partial charge is 0.335 e. The third kappa shape index (κ3) is 6.56. The quantitative estimate of drug-likeness (QED) is 0.395. The van der Waals surface area contributed by atoms with Gasteiger partial charge in [-0.1, -0.05) is 62.7 Å². The molecule has 3 aromatic rings. The van der Waals surface area contributed by atoms with Crippen LogP contribution >= 0.6 is 11.6 Å². The second-order valence-electron chi connectivity index (χ2n) is 8.73. The van der Waals surface area contributed by atoms with E-state index in [1.54, 1.807) is 42.5 Å². The number of anilines is 1. The summed E-state index contributed by atoms with van der Waals surface area (Å²) in [6.07, 6.45) is 1.52. The zero-order valence-corrected chi connectivity index (χ0v) is 19.8. The van der Waals surface area contributed by atoms with Crippen molar-refractivity contribution in [3.05, 3.63) is 106 Å². The molecule has 34 heavy (non-hydrogen) atoms. The highest BCUT2D eigenvalue weighted by atomic mass is 35.5. The number of rotatable bonds is 6. The normalized spacial score (nSPS) is 11.6. The van der Waals surface area contributed by atoms with Crippen molar-refractivity contribution in [1.82, 2.24) is 5.32 Å². The summed E-state index contributed by atoms with van der Waals surface area (Å²) in [6, 6.07) is 19.8. The van der Waals surface area contributed by atoms with Gasteiger partial charge in [0.05, 0.1) is 5.56 Å².